The number of nitrogens with zero attached hydrogens (tertiary/aromatic N) is 2. The summed E-state index contributed by atoms with van der Waals surface area (Å²) in [5, 5.41) is 1.86. The Balaban J connectivity index is 1.90. The predicted octanol–water partition coefficient (Wildman–Crippen LogP) is 2.88. The van der Waals surface area contributed by atoms with E-state index in [0.717, 1.165) is 46.3 Å². The molecule has 0 bridgehead atoms. The molecule has 1 aromatic carbocycles. The van der Waals surface area contributed by atoms with Crippen molar-refractivity contribution in [2.75, 3.05) is 18.0 Å². The number of anilines is 1. The van der Waals surface area contributed by atoms with E-state index < -0.39 is 0 Å². The van der Waals surface area contributed by atoms with Crippen LogP contribution in [0.3, 0.4) is 0 Å². The number of thiazole rings is 1. The molecule has 0 unspecified atom stereocenters. The Morgan fingerprint density at radius 1 is 1.35 bits per heavy atom. The van der Waals surface area contributed by atoms with E-state index in [9.17, 15) is 0 Å². The summed E-state index contributed by atoms with van der Waals surface area (Å²) in [6.45, 7) is 2.02. The standard InChI is InChI=1S/C12H14ClN3S/c13-8-1-2-10-11(7-8)17-12(15-10)16-5-3-9(14)4-6-16/h1-2,7,9H,3-6,14H2. The minimum Gasteiger partial charge on any atom is -0.348 e. The van der Waals surface area contributed by atoms with E-state index >= 15 is 0 Å². The highest BCUT2D eigenvalue weighted by atomic mass is 35.5. The third kappa shape index (κ3) is 2.25. The van der Waals surface area contributed by atoms with E-state index in [1.807, 2.05) is 18.2 Å². The van der Waals surface area contributed by atoms with E-state index in [-0.39, 0.29) is 0 Å². The number of hydrogen-bond donors (Lipinski definition) is 1. The van der Waals surface area contributed by atoms with Gasteiger partial charge >= 0.3 is 0 Å². The summed E-state index contributed by atoms with van der Waals surface area (Å²) in [4.78, 5) is 6.97. The van der Waals surface area contributed by atoms with E-state index in [4.69, 9.17) is 17.3 Å². The van der Waals surface area contributed by atoms with Crippen LogP contribution in [0.2, 0.25) is 5.02 Å². The molecule has 0 spiro atoms. The van der Waals surface area contributed by atoms with Crippen LogP contribution < -0.4 is 10.6 Å². The van der Waals surface area contributed by atoms with Crippen molar-refractivity contribution in [2.45, 2.75) is 18.9 Å². The third-order valence-electron chi connectivity index (χ3n) is 3.15. The van der Waals surface area contributed by atoms with Crippen LogP contribution in [0.4, 0.5) is 5.13 Å². The summed E-state index contributed by atoms with van der Waals surface area (Å²) >= 11 is 7.69. The molecule has 2 N–H and O–H groups in total. The average molecular weight is 268 g/mol. The Morgan fingerprint density at radius 2 is 2.12 bits per heavy atom. The lowest BCUT2D eigenvalue weighted by Gasteiger charge is -2.29. The van der Waals surface area contributed by atoms with Gasteiger partial charge in [0.2, 0.25) is 0 Å². The molecule has 1 aromatic heterocycles. The summed E-state index contributed by atoms with van der Waals surface area (Å²) in [6, 6.07) is 6.20. The summed E-state index contributed by atoms with van der Waals surface area (Å²) in [5.41, 5.74) is 6.94. The van der Waals surface area contributed by atoms with E-state index in [1.54, 1.807) is 11.3 Å². The number of aromatic nitrogens is 1. The Kier molecular flexibility index (Phi) is 2.94. The van der Waals surface area contributed by atoms with Gasteiger partial charge in [-0.15, -0.1) is 0 Å². The van der Waals surface area contributed by atoms with Crippen LogP contribution in [0.1, 0.15) is 12.8 Å². The first kappa shape index (κ1) is 11.3. The van der Waals surface area contributed by atoms with Gasteiger partial charge in [0.25, 0.3) is 0 Å². The van der Waals surface area contributed by atoms with Gasteiger partial charge < -0.3 is 10.6 Å². The molecule has 3 rings (SSSR count). The summed E-state index contributed by atoms with van der Waals surface area (Å²) in [5.74, 6) is 0. The molecule has 5 heteroatoms. The Hall–Kier alpha value is -0.840. The van der Waals surface area contributed by atoms with Crippen LogP contribution in [0.25, 0.3) is 10.2 Å². The van der Waals surface area contributed by atoms with Crippen LogP contribution >= 0.6 is 22.9 Å². The number of nitrogens with two attached hydrogens (primary N) is 1. The molecule has 1 saturated heterocycles. The molecule has 2 heterocycles. The minimum absolute atomic E-state index is 0.357. The molecule has 0 saturated carbocycles. The fourth-order valence-electron chi connectivity index (χ4n) is 2.11. The maximum absolute atomic E-state index is 5.98. The van der Waals surface area contributed by atoms with Gasteiger partial charge in [0, 0.05) is 24.2 Å². The number of fused-ring (bicyclic) bond motifs is 1. The molecule has 90 valence electrons. The lowest BCUT2D eigenvalue weighted by molar-refractivity contribution is 0.501. The second-order valence-corrected chi connectivity index (χ2v) is 5.88. The predicted molar refractivity (Wildman–Crippen MR) is 74.1 cm³/mol. The van der Waals surface area contributed by atoms with Gasteiger partial charge in [-0.05, 0) is 31.0 Å². The fraction of sp³-hybridized carbons (Fsp3) is 0.417. The monoisotopic (exact) mass is 267 g/mol. The molecular weight excluding hydrogens is 254 g/mol. The molecule has 17 heavy (non-hydrogen) atoms. The normalized spacial score (nSPS) is 17.9. The van der Waals surface area contributed by atoms with Gasteiger partial charge in [0.15, 0.2) is 5.13 Å². The first-order chi connectivity index (χ1) is 8.22. The first-order valence-electron chi connectivity index (χ1n) is 5.79. The first-order valence-corrected chi connectivity index (χ1v) is 6.98. The summed E-state index contributed by atoms with van der Waals surface area (Å²) in [7, 11) is 0. The Labute approximate surface area is 109 Å². The van der Waals surface area contributed by atoms with Gasteiger partial charge in [-0.25, -0.2) is 4.98 Å². The van der Waals surface area contributed by atoms with Crippen LogP contribution in [0, 0.1) is 0 Å². The maximum atomic E-state index is 5.98. The minimum atomic E-state index is 0.357. The van der Waals surface area contributed by atoms with Crippen molar-refractivity contribution in [3.8, 4) is 0 Å². The summed E-state index contributed by atoms with van der Waals surface area (Å²) < 4.78 is 1.15. The highest BCUT2D eigenvalue weighted by molar-refractivity contribution is 7.22. The second-order valence-electron chi connectivity index (χ2n) is 4.43. The largest absolute Gasteiger partial charge is 0.348 e. The number of halogens is 1. The quantitative estimate of drug-likeness (QED) is 0.864. The highest BCUT2D eigenvalue weighted by Gasteiger charge is 2.19. The van der Waals surface area contributed by atoms with E-state index in [1.165, 1.54) is 0 Å². The smallest absolute Gasteiger partial charge is 0.186 e. The molecule has 0 atom stereocenters. The van der Waals surface area contributed by atoms with Crippen molar-refractivity contribution in [1.82, 2.24) is 4.98 Å². The van der Waals surface area contributed by atoms with Crippen LogP contribution in [0.15, 0.2) is 18.2 Å². The number of hydrogen-bond acceptors (Lipinski definition) is 4. The molecule has 3 nitrogen and oxygen atoms in total. The molecule has 2 aromatic rings. The molecule has 1 fully saturated rings. The van der Waals surface area contributed by atoms with Gasteiger partial charge in [-0.3, -0.25) is 0 Å². The van der Waals surface area contributed by atoms with Crippen LogP contribution in [0.5, 0.6) is 0 Å². The van der Waals surface area contributed by atoms with Gasteiger partial charge in [0.05, 0.1) is 10.2 Å². The number of benzene rings is 1. The highest BCUT2D eigenvalue weighted by Crippen LogP contribution is 2.31. The zero-order valence-corrected chi connectivity index (χ0v) is 11.0. The van der Waals surface area contributed by atoms with Gasteiger partial charge in [0.1, 0.15) is 0 Å². The van der Waals surface area contributed by atoms with Gasteiger partial charge in [-0.2, -0.15) is 0 Å². The maximum Gasteiger partial charge on any atom is 0.186 e. The molecule has 1 aliphatic rings. The number of piperidine rings is 1. The van der Waals surface area contributed by atoms with Crippen molar-refractivity contribution < 1.29 is 0 Å². The lowest BCUT2D eigenvalue weighted by atomic mass is 10.1. The SMILES string of the molecule is NC1CCN(c2nc3ccc(Cl)cc3s2)CC1. The third-order valence-corrected chi connectivity index (χ3v) is 4.46. The Bertz CT molecular complexity index is 532. The zero-order valence-electron chi connectivity index (χ0n) is 9.40. The topological polar surface area (TPSA) is 42.1 Å². The van der Waals surface area contributed by atoms with Crippen molar-refractivity contribution in [3.05, 3.63) is 23.2 Å². The van der Waals surface area contributed by atoms with E-state index in [0.29, 0.717) is 6.04 Å². The fourth-order valence-corrected chi connectivity index (χ4v) is 3.41. The van der Waals surface area contributed by atoms with Crippen LogP contribution in [-0.2, 0) is 0 Å². The molecular formula is C12H14ClN3S. The average Bonchev–Trinajstić information content (AvgIpc) is 2.72. The second kappa shape index (κ2) is 4.44. The summed E-state index contributed by atoms with van der Waals surface area (Å²) in [6.07, 6.45) is 2.10. The van der Waals surface area contributed by atoms with Crippen molar-refractivity contribution in [2.24, 2.45) is 5.73 Å². The number of rotatable bonds is 1. The van der Waals surface area contributed by atoms with Crippen molar-refractivity contribution in [1.29, 1.82) is 0 Å². The molecule has 0 radical (unpaired) electrons. The molecule has 0 aliphatic carbocycles. The van der Waals surface area contributed by atoms with Crippen LogP contribution in [-0.4, -0.2) is 24.1 Å². The molecule has 0 amide bonds. The van der Waals surface area contributed by atoms with Gasteiger partial charge in [-0.1, -0.05) is 22.9 Å². The zero-order chi connectivity index (χ0) is 11.8. The van der Waals surface area contributed by atoms with Crippen molar-refractivity contribution in [3.63, 3.8) is 0 Å². The Morgan fingerprint density at radius 3 is 2.88 bits per heavy atom. The van der Waals surface area contributed by atoms with E-state index in [2.05, 4.69) is 9.88 Å². The lowest BCUT2D eigenvalue weighted by Crippen LogP contribution is -2.39. The molecule has 1 aliphatic heterocycles. The van der Waals surface area contributed by atoms with Crippen molar-refractivity contribution >= 4 is 38.3 Å².